The summed E-state index contributed by atoms with van der Waals surface area (Å²) >= 11 is 11.7. The Hall–Kier alpha value is -0.280. The van der Waals surface area contributed by atoms with Gasteiger partial charge in [0.1, 0.15) is 0 Å². The van der Waals surface area contributed by atoms with E-state index < -0.39 is 0 Å². The Morgan fingerprint density at radius 1 is 1.00 bits per heavy atom. The minimum Gasteiger partial charge on any atom is -0.330 e. The van der Waals surface area contributed by atoms with Crippen LogP contribution in [0.5, 0.6) is 0 Å². The highest BCUT2D eigenvalue weighted by Crippen LogP contribution is 2.23. The molecule has 0 unspecified atom stereocenters. The monoisotopic (exact) mass is 218 g/mol. The second kappa shape index (κ2) is 4.82. The molecule has 0 spiro atoms. The highest BCUT2D eigenvalue weighted by molar-refractivity contribution is 6.34. The van der Waals surface area contributed by atoms with Crippen LogP contribution in [0, 0.1) is 0 Å². The second-order valence-electron chi connectivity index (χ2n) is 2.87. The lowest BCUT2D eigenvalue weighted by Crippen LogP contribution is -2.21. The normalized spacial score (nSPS) is 10.8. The SMILES string of the molecule is NCC(CN)c1cc(Cl)cc(Cl)c1. The van der Waals surface area contributed by atoms with E-state index in [1.54, 1.807) is 6.07 Å². The topological polar surface area (TPSA) is 52.0 Å². The molecule has 0 heterocycles. The molecule has 1 aromatic carbocycles. The van der Waals surface area contributed by atoms with E-state index in [0.717, 1.165) is 5.56 Å². The number of hydrogen-bond acceptors (Lipinski definition) is 2. The number of benzene rings is 1. The molecule has 1 aromatic rings. The van der Waals surface area contributed by atoms with E-state index in [9.17, 15) is 0 Å². The van der Waals surface area contributed by atoms with Crippen LogP contribution in [-0.2, 0) is 0 Å². The van der Waals surface area contributed by atoms with E-state index >= 15 is 0 Å². The van der Waals surface area contributed by atoms with Gasteiger partial charge in [0.25, 0.3) is 0 Å². The van der Waals surface area contributed by atoms with Gasteiger partial charge in [-0.05, 0) is 23.8 Å². The minimum atomic E-state index is 0.135. The maximum atomic E-state index is 5.84. The highest BCUT2D eigenvalue weighted by atomic mass is 35.5. The Labute approximate surface area is 87.8 Å². The number of nitrogens with two attached hydrogens (primary N) is 2. The van der Waals surface area contributed by atoms with Crippen LogP contribution < -0.4 is 11.5 Å². The van der Waals surface area contributed by atoms with Crippen LogP contribution in [0.1, 0.15) is 11.5 Å². The molecule has 2 nitrogen and oxygen atoms in total. The fourth-order valence-electron chi connectivity index (χ4n) is 1.18. The fourth-order valence-corrected chi connectivity index (χ4v) is 1.72. The summed E-state index contributed by atoms with van der Waals surface area (Å²) < 4.78 is 0. The van der Waals surface area contributed by atoms with Gasteiger partial charge in [-0.3, -0.25) is 0 Å². The van der Waals surface area contributed by atoms with Gasteiger partial charge in [-0.25, -0.2) is 0 Å². The Kier molecular flexibility index (Phi) is 4.00. The van der Waals surface area contributed by atoms with Crippen molar-refractivity contribution in [3.05, 3.63) is 33.8 Å². The van der Waals surface area contributed by atoms with Crippen LogP contribution in [0.15, 0.2) is 18.2 Å². The Morgan fingerprint density at radius 2 is 1.46 bits per heavy atom. The molecule has 4 N–H and O–H groups in total. The predicted molar refractivity (Wildman–Crippen MR) is 57.3 cm³/mol. The van der Waals surface area contributed by atoms with Crippen molar-refractivity contribution >= 4 is 23.2 Å². The van der Waals surface area contributed by atoms with Crippen molar-refractivity contribution in [3.8, 4) is 0 Å². The minimum absolute atomic E-state index is 0.135. The number of rotatable bonds is 3. The predicted octanol–water partition coefficient (Wildman–Crippen LogP) is 1.99. The summed E-state index contributed by atoms with van der Waals surface area (Å²) in [5.74, 6) is 0.135. The van der Waals surface area contributed by atoms with Crippen LogP contribution in [0.4, 0.5) is 0 Å². The molecule has 0 bridgehead atoms. The van der Waals surface area contributed by atoms with Crippen LogP contribution >= 0.6 is 23.2 Å². The molecule has 0 aromatic heterocycles. The zero-order valence-corrected chi connectivity index (χ0v) is 8.65. The number of hydrogen-bond donors (Lipinski definition) is 2. The highest BCUT2D eigenvalue weighted by Gasteiger charge is 2.08. The molecule has 0 radical (unpaired) electrons. The summed E-state index contributed by atoms with van der Waals surface area (Å²) in [6.07, 6.45) is 0. The lowest BCUT2D eigenvalue weighted by molar-refractivity contribution is 0.708. The van der Waals surface area contributed by atoms with E-state index in [1.165, 1.54) is 0 Å². The summed E-state index contributed by atoms with van der Waals surface area (Å²) in [5.41, 5.74) is 12.1. The molecular weight excluding hydrogens is 207 g/mol. The third-order valence-electron chi connectivity index (χ3n) is 1.93. The summed E-state index contributed by atoms with van der Waals surface area (Å²) in [7, 11) is 0. The lowest BCUT2D eigenvalue weighted by Gasteiger charge is -2.12. The van der Waals surface area contributed by atoms with Crippen molar-refractivity contribution in [2.45, 2.75) is 5.92 Å². The van der Waals surface area contributed by atoms with E-state index in [-0.39, 0.29) is 5.92 Å². The van der Waals surface area contributed by atoms with Gasteiger partial charge in [-0.1, -0.05) is 23.2 Å². The quantitative estimate of drug-likeness (QED) is 0.816. The standard InChI is InChI=1S/C9H12Cl2N2/c10-8-1-6(2-9(11)3-8)7(4-12)5-13/h1-3,7H,4-5,12-13H2. The maximum Gasteiger partial charge on any atom is 0.0423 e. The molecule has 0 saturated heterocycles. The van der Waals surface area contributed by atoms with Gasteiger partial charge in [0, 0.05) is 29.1 Å². The van der Waals surface area contributed by atoms with Gasteiger partial charge in [-0.15, -0.1) is 0 Å². The summed E-state index contributed by atoms with van der Waals surface area (Å²) in [6, 6.07) is 5.38. The average Bonchev–Trinajstić information content (AvgIpc) is 2.04. The smallest absolute Gasteiger partial charge is 0.0423 e. The molecule has 72 valence electrons. The molecule has 0 saturated carbocycles. The first-order chi connectivity index (χ1) is 6.17. The third-order valence-corrected chi connectivity index (χ3v) is 2.36. The third kappa shape index (κ3) is 2.85. The van der Waals surface area contributed by atoms with Gasteiger partial charge in [0.2, 0.25) is 0 Å². The lowest BCUT2D eigenvalue weighted by atomic mass is 10.00. The molecule has 0 amide bonds. The maximum absolute atomic E-state index is 5.84. The molecule has 13 heavy (non-hydrogen) atoms. The van der Waals surface area contributed by atoms with Crippen LogP contribution in [0.2, 0.25) is 10.0 Å². The zero-order chi connectivity index (χ0) is 9.84. The van der Waals surface area contributed by atoms with Gasteiger partial charge in [0.05, 0.1) is 0 Å². The Balaban J connectivity index is 2.99. The van der Waals surface area contributed by atoms with Gasteiger partial charge in [-0.2, -0.15) is 0 Å². The van der Waals surface area contributed by atoms with E-state index in [0.29, 0.717) is 23.1 Å². The van der Waals surface area contributed by atoms with Gasteiger partial charge >= 0.3 is 0 Å². The first-order valence-corrected chi connectivity index (χ1v) is 4.79. The summed E-state index contributed by atoms with van der Waals surface area (Å²) in [5, 5.41) is 1.24. The largest absolute Gasteiger partial charge is 0.330 e. The van der Waals surface area contributed by atoms with Crippen LogP contribution in [0.25, 0.3) is 0 Å². The second-order valence-corrected chi connectivity index (χ2v) is 3.74. The summed E-state index contributed by atoms with van der Waals surface area (Å²) in [6.45, 7) is 1.01. The molecule has 1 rings (SSSR count). The van der Waals surface area contributed by atoms with Crippen molar-refractivity contribution in [1.29, 1.82) is 0 Å². The Bertz CT molecular complexity index is 265. The van der Waals surface area contributed by atoms with E-state index in [4.69, 9.17) is 34.7 Å². The average molecular weight is 219 g/mol. The molecule has 0 atom stereocenters. The molecule has 0 aliphatic heterocycles. The van der Waals surface area contributed by atoms with Crippen molar-refractivity contribution < 1.29 is 0 Å². The number of halogens is 2. The first-order valence-electron chi connectivity index (χ1n) is 4.03. The van der Waals surface area contributed by atoms with Crippen molar-refractivity contribution in [2.24, 2.45) is 11.5 Å². The van der Waals surface area contributed by atoms with Crippen LogP contribution in [-0.4, -0.2) is 13.1 Å². The first kappa shape index (κ1) is 10.8. The van der Waals surface area contributed by atoms with Gasteiger partial charge < -0.3 is 11.5 Å². The molecular formula is C9H12Cl2N2. The van der Waals surface area contributed by atoms with Crippen molar-refractivity contribution in [2.75, 3.05) is 13.1 Å². The van der Waals surface area contributed by atoms with E-state index in [1.807, 2.05) is 12.1 Å². The zero-order valence-electron chi connectivity index (χ0n) is 7.13. The van der Waals surface area contributed by atoms with Crippen molar-refractivity contribution in [1.82, 2.24) is 0 Å². The van der Waals surface area contributed by atoms with Crippen LogP contribution in [0.3, 0.4) is 0 Å². The molecule has 0 fully saturated rings. The molecule has 0 aliphatic rings. The fraction of sp³-hybridized carbons (Fsp3) is 0.333. The van der Waals surface area contributed by atoms with E-state index in [2.05, 4.69) is 0 Å². The summed E-state index contributed by atoms with van der Waals surface area (Å²) in [4.78, 5) is 0. The van der Waals surface area contributed by atoms with Crippen molar-refractivity contribution in [3.63, 3.8) is 0 Å². The Morgan fingerprint density at radius 3 is 1.85 bits per heavy atom. The van der Waals surface area contributed by atoms with Gasteiger partial charge in [0.15, 0.2) is 0 Å². The molecule has 0 aliphatic carbocycles. The molecule has 4 heteroatoms.